The van der Waals surface area contributed by atoms with Crippen molar-refractivity contribution < 1.29 is 0 Å². The Labute approximate surface area is 87.9 Å². The highest BCUT2D eigenvalue weighted by Crippen LogP contribution is 2.38. The van der Waals surface area contributed by atoms with Crippen LogP contribution in [0, 0.1) is 6.92 Å². The van der Waals surface area contributed by atoms with Crippen LogP contribution in [0.5, 0.6) is 0 Å². The summed E-state index contributed by atoms with van der Waals surface area (Å²) in [6, 6.07) is 0. The summed E-state index contributed by atoms with van der Waals surface area (Å²) in [4.78, 5) is 1.94. The quantitative estimate of drug-likeness (QED) is 0.342. The lowest BCUT2D eigenvalue weighted by molar-refractivity contribution is 1.17. The minimum absolute atomic E-state index is 0.509. The molecule has 0 bridgehead atoms. The molecule has 66 valence electrons. The van der Waals surface area contributed by atoms with Crippen LogP contribution in [0.2, 0.25) is 0 Å². The summed E-state index contributed by atoms with van der Waals surface area (Å²) < 4.78 is 0. The topological polar surface area (TPSA) is 52.0 Å². The molecule has 0 radical (unpaired) electrons. The van der Waals surface area contributed by atoms with E-state index in [0.29, 0.717) is 26.1 Å². The first-order valence-electron chi connectivity index (χ1n) is 3.25. The molecular formula is C7H10N2S3. The predicted molar refractivity (Wildman–Crippen MR) is 61.8 cm³/mol. The largest absolute Gasteiger partial charge is 0.397 e. The van der Waals surface area contributed by atoms with Gasteiger partial charge < -0.3 is 11.5 Å². The molecule has 0 saturated heterocycles. The Balaban J connectivity index is 3.60. The lowest BCUT2D eigenvalue weighted by Crippen LogP contribution is -1.99. The minimum Gasteiger partial charge on any atom is -0.397 e. The van der Waals surface area contributed by atoms with Crippen molar-refractivity contribution in [2.24, 2.45) is 0 Å². The first-order valence-corrected chi connectivity index (χ1v) is 4.59. The molecule has 0 aliphatic carbocycles. The van der Waals surface area contributed by atoms with Gasteiger partial charge in [-0.1, -0.05) is 0 Å². The smallest absolute Gasteiger partial charge is 0.0609 e. The van der Waals surface area contributed by atoms with Crippen molar-refractivity contribution in [3.8, 4) is 0 Å². The second-order valence-electron chi connectivity index (χ2n) is 2.50. The van der Waals surface area contributed by atoms with Gasteiger partial charge in [0.2, 0.25) is 0 Å². The molecule has 4 N–H and O–H groups in total. The molecule has 0 aliphatic rings. The van der Waals surface area contributed by atoms with E-state index in [1.54, 1.807) is 0 Å². The van der Waals surface area contributed by atoms with E-state index in [-0.39, 0.29) is 0 Å². The van der Waals surface area contributed by atoms with Gasteiger partial charge in [-0.05, 0) is 12.5 Å². The third kappa shape index (κ3) is 1.36. The molecule has 0 aliphatic heterocycles. The Kier molecular flexibility index (Phi) is 2.75. The highest BCUT2D eigenvalue weighted by atomic mass is 32.1. The maximum absolute atomic E-state index is 5.69. The first kappa shape index (κ1) is 9.95. The number of nitrogens with two attached hydrogens (primary N) is 2. The summed E-state index contributed by atoms with van der Waals surface area (Å²) >= 11 is 12.6. The molecule has 5 heteroatoms. The standard InChI is InChI=1S/C7H10N2S3/c1-2-5(10)3(8)7(12)4(9)6(2)11/h10-12H,8-9H2,1H3. The summed E-state index contributed by atoms with van der Waals surface area (Å²) in [5, 5.41) is 0. The number of nitrogen functional groups attached to an aromatic ring is 2. The summed E-state index contributed by atoms with van der Waals surface area (Å²) in [7, 11) is 0. The molecule has 1 aromatic rings. The number of rotatable bonds is 0. The summed E-state index contributed by atoms with van der Waals surface area (Å²) in [6.45, 7) is 1.87. The molecule has 0 atom stereocenters. The average Bonchev–Trinajstić information content (AvgIpc) is 2.08. The van der Waals surface area contributed by atoms with Gasteiger partial charge in [0, 0.05) is 9.79 Å². The van der Waals surface area contributed by atoms with Gasteiger partial charge in [0.1, 0.15) is 0 Å². The van der Waals surface area contributed by atoms with Gasteiger partial charge in [-0.2, -0.15) is 0 Å². The molecule has 1 aromatic carbocycles. The van der Waals surface area contributed by atoms with E-state index in [9.17, 15) is 0 Å². The van der Waals surface area contributed by atoms with Crippen LogP contribution in [-0.2, 0) is 0 Å². The van der Waals surface area contributed by atoms with Crippen LogP contribution in [0.25, 0.3) is 0 Å². The molecular weight excluding hydrogens is 208 g/mol. The Bertz CT molecular complexity index is 231. The number of hydrogen-bond acceptors (Lipinski definition) is 5. The van der Waals surface area contributed by atoms with Gasteiger partial charge in [-0.3, -0.25) is 0 Å². The summed E-state index contributed by atoms with van der Waals surface area (Å²) in [5.41, 5.74) is 13.3. The molecule has 0 fully saturated rings. The number of thiol groups is 3. The second-order valence-corrected chi connectivity index (χ2v) is 3.84. The van der Waals surface area contributed by atoms with Gasteiger partial charge in [0.05, 0.1) is 16.3 Å². The molecule has 0 aromatic heterocycles. The molecule has 2 nitrogen and oxygen atoms in total. The van der Waals surface area contributed by atoms with E-state index in [1.165, 1.54) is 0 Å². The number of hydrogen-bond donors (Lipinski definition) is 5. The van der Waals surface area contributed by atoms with E-state index < -0.39 is 0 Å². The Morgan fingerprint density at radius 2 is 1.17 bits per heavy atom. The van der Waals surface area contributed by atoms with Gasteiger partial charge >= 0.3 is 0 Å². The van der Waals surface area contributed by atoms with Gasteiger partial charge in [0.25, 0.3) is 0 Å². The Morgan fingerprint density at radius 3 is 1.50 bits per heavy atom. The van der Waals surface area contributed by atoms with Crippen molar-refractivity contribution in [3.63, 3.8) is 0 Å². The maximum atomic E-state index is 5.69. The van der Waals surface area contributed by atoms with Crippen molar-refractivity contribution in [2.45, 2.75) is 21.6 Å². The number of anilines is 2. The van der Waals surface area contributed by atoms with Crippen molar-refractivity contribution in [1.82, 2.24) is 0 Å². The van der Waals surface area contributed by atoms with Crippen molar-refractivity contribution in [3.05, 3.63) is 5.56 Å². The third-order valence-corrected chi connectivity index (χ3v) is 3.37. The lowest BCUT2D eigenvalue weighted by Gasteiger charge is -2.12. The molecule has 0 amide bonds. The van der Waals surface area contributed by atoms with Crippen LogP contribution in [0.4, 0.5) is 11.4 Å². The molecule has 0 heterocycles. The normalized spacial score (nSPS) is 10.3. The highest BCUT2D eigenvalue weighted by Gasteiger charge is 2.11. The zero-order valence-electron chi connectivity index (χ0n) is 6.50. The molecule has 12 heavy (non-hydrogen) atoms. The molecule has 0 unspecified atom stereocenters. The minimum atomic E-state index is 0.509. The van der Waals surface area contributed by atoms with Crippen LogP contribution in [0.1, 0.15) is 5.56 Å². The van der Waals surface area contributed by atoms with E-state index in [2.05, 4.69) is 37.9 Å². The third-order valence-electron chi connectivity index (χ3n) is 1.73. The van der Waals surface area contributed by atoms with Gasteiger partial charge in [0.15, 0.2) is 0 Å². The molecule has 0 saturated carbocycles. The lowest BCUT2D eigenvalue weighted by atomic mass is 10.2. The fraction of sp³-hybridized carbons (Fsp3) is 0.143. The van der Waals surface area contributed by atoms with Crippen LogP contribution >= 0.6 is 37.9 Å². The predicted octanol–water partition coefficient (Wildman–Crippen LogP) is 2.03. The van der Waals surface area contributed by atoms with Crippen LogP contribution in [0.3, 0.4) is 0 Å². The Hall–Kier alpha value is -0.130. The van der Waals surface area contributed by atoms with Crippen molar-refractivity contribution in [1.29, 1.82) is 0 Å². The van der Waals surface area contributed by atoms with Gasteiger partial charge in [-0.15, -0.1) is 37.9 Å². The fourth-order valence-electron chi connectivity index (χ4n) is 0.886. The van der Waals surface area contributed by atoms with Crippen molar-refractivity contribution >= 4 is 49.3 Å². The van der Waals surface area contributed by atoms with Gasteiger partial charge in [-0.25, -0.2) is 0 Å². The molecule has 0 spiro atoms. The maximum Gasteiger partial charge on any atom is 0.0609 e. The van der Waals surface area contributed by atoms with E-state index in [1.807, 2.05) is 6.92 Å². The first-order chi connectivity index (χ1) is 5.46. The zero-order chi connectivity index (χ0) is 9.46. The van der Waals surface area contributed by atoms with E-state index >= 15 is 0 Å². The van der Waals surface area contributed by atoms with Crippen LogP contribution < -0.4 is 11.5 Å². The second kappa shape index (κ2) is 3.32. The van der Waals surface area contributed by atoms with Crippen molar-refractivity contribution in [2.75, 3.05) is 11.5 Å². The van der Waals surface area contributed by atoms with Crippen LogP contribution in [-0.4, -0.2) is 0 Å². The number of benzene rings is 1. The molecule has 1 rings (SSSR count). The highest BCUT2D eigenvalue weighted by molar-refractivity contribution is 7.82. The van der Waals surface area contributed by atoms with E-state index in [4.69, 9.17) is 11.5 Å². The summed E-state index contributed by atoms with van der Waals surface area (Å²) in [5.74, 6) is 0. The summed E-state index contributed by atoms with van der Waals surface area (Å²) in [6.07, 6.45) is 0. The van der Waals surface area contributed by atoms with Crippen LogP contribution in [0.15, 0.2) is 14.7 Å². The van der Waals surface area contributed by atoms with E-state index in [0.717, 1.165) is 5.56 Å². The monoisotopic (exact) mass is 218 g/mol. The zero-order valence-corrected chi connectivity index (χ0v) is 9.18. The fourth-order valence-corrected chi connectivity index (χ4v) is 1.82. The Morgan fingerprint density at radius 1 is 0.833 bits per heavy atom. The average molecular weight is 218 g/mol. The SMILES string of the molecule is Cc1c(S)c(N)c(S)c(N)c1S.